The molecule has 4 rings (SSSR count). The van der Waals surface area contributed by atoms with Crippen LogP contribution in [0.2, 0.25) is 0 Å². The summed E-state index contributed by atoms with van der Waals surface area (Å²) in [5.41, 5.74) is 8.60. The fourth-order valence-corrected chi connectivity index (χ4v) is 3.49. The molecule has 0 aliphatic heterocycles. The number of rotatable bonds is 3. The van der Waals surface area contributed by atoms with Crippen LogP contribution in [0.4, 0.5) is 0 Å². The van der Waals surface area contributed by atoms with Crippen molar-refractivity contribution < 1.29 is 0 Å². The summed E-state index contributed by atoms with van der Waals surface area (Å²) in [5, 5.41) is 4.80. The largest absolute Gasteiger partial charge is 0.261 e. The number of hydrogen-bond donors (Lipinski definition) is 0. The minimum atomic E-state index is 0.765. The Bertz CT molecular complexity index is 1050. The number of aryl methyl sites for hydroxylation is 3. The van der Waals surface area contributed by atoms with Crippen LogP contribution in [0.3, 0.4) is 0 Å². The van der Waals surface area contributed by atoms with Crippen LogP contribution in [0.1, 0.15) is 40.3 Å². The third-order valence-electron chi connectivity index (χ3n) is 4.85. The predicted octanol–water partition coefficient (Wildman–Crippen LogP) is 4.54. The molecular formula is C22H22N4. The number of fused-ring (bicyclic) bond motifs is 1. The molecule has 26 heavy (non-hydrogen) atoms. The van der Waals surface area contributed by atoms with Gasteiger partial charge in [-0.25, -0.2) is 9.50 Å². The van der Waals surface area contributed by atoms with E-state index in [0.717, 1.165) is 52.4 Å². The Hall–Kier alpha value is -3.01. The van der Waals surface area contributed by atoms with E-state index in [4.69, 9.17) is 10.1 Å². The van der Waals surface area contributed by atoms with Gasteiger partial charge in [0, 0.05) is 40.8 Å². The second-order valence-corrected chi connectivity index (χ2v) is 6.64. The fraction of sp³-hybridized carbons (Fsp3) is 0.227. The van der Waals surface area contributed by atoms with Gasteiger partial charge in [0.2, 0.25) is 0 Å². The van der Waals surface area contributed by atoms with Crippen LogP contribution in [0.15, 0.2) is 54.8 Å². The molecule has 0 unspecified atom stereocenters. The van der Waals surface area contributed by atoms with E-state index in [1.54, 1.807) is 0 Å². The highest BCUT2D eigenvalue weighted by molar-refractivity contribution is 5.84. The van der Waals surface area contributed by atoms with Crippen LogP contribution in [0, 0.1) is 20.8 Å². The smallest absolute Gasteiger partial charge is 0.163 e. The van der Waals surface area contributed by atoms with E-state index < -0.39 is 0 Å². The highest BCUT2D eigenvalue weighted by atomic mass is 15.3. The number of allylic oxidation sites excluding steroid dienone is 6. The van der Waals surface area contributed by atoms with E-state index in [9.17, 15) is 0 Å². The molecule has 130 valence electrons. The van der Waals surface area contributed by atoms with Crippen molar-refractivity contribution in [1.82, 2.24) is 19.6 Å². The number of aromatic nitrogens is 4. The molecule has 0 saturated heterocycles. The van der Waals surface area contributed by atoms with Gasteiger partial charge in [0.15, 0.2) is 5.65 Å². The lowest BCUT2D eigenvalue weighted by molar-refractivity contribution is 0.840. The highest BCUT2D eigenvalue weighted by Gasteiger charge is 2.18. The van der Waals surface area contributed by atoms with E-state index >= 15 is 0 Å². The van der Waals surface area contributed by atoms with Crippen molar-refractivity contribution in [3.05, 3.63) is 88.7 Å². The molecule has 3 heterocycles. The van der Waals surface area contributed by atoms with Crippen molar-refractivity contribution in [3.8, 4) is 0 Å². The zero-order chi connectivity index (χ0) is 18.1. The van der Waals surface area contributed by atoms with Gasteiger partial charge in [0.25, 0.3) is 0 Å². The third-order valence-corrected chi connectivity index (χ3v) is 4.85. The maximum absolute atomic E-state index is 4.93. The first-order chi connectivity index (χ1) is 12.6. The summed E-state index contributed by atoms with van der Waals surface area (Å²) in [6, 6.07) is 6.01. The SMILES string of the molecule is Cc1nc2c(C3=CC=CCC=C3)c(C)nn2c(C)c1Cc1ccccn1. The lowest BCUT2D eigenvalue weighted by Crippen LogP contribution is -2.07. The van der Waals surface area contributed by atoms with Crippen molar-refractivity contribution in [1.29, 1.82) is 0 Å². The molecule has 0 saturated carbocycles. The molecule has 3 aromatic rings. The third kappa shape index (κ3) is 2.88. The van der Waals surface area contributed by atoms with E-state index in [-0.39, 0.29) is 0 Å². The zero-order valence-electron chi connectivity index (χ0n) is 15.4. The minimum Gasteiger partial charge on any atom is -0.261 e. The van der Waals surface area contributed by atoms with Crippen LogP contribution in [-0.2, 0) is 6.42 Å². The van der Waals surface area contributed by atoms with Gasteiger partial charge >= 0.3 is 0 Å². The van der Waals surface area contributed by atoms with Crippen molar-refractivity contribution in [2.45, 2.75) is 33.6 Å². The van der Waals surface area contributed by atoms with Gasteiger partial charge in [-0.05, 0) is 44.9 Å². The first-order valence-corrected chi connectivity index (χ1v) is 8.94. The average molecular weight is 342 g/mol. The predicted molar refractivity (Wildman–Crippen MR) is 105 cm³/mol. The zero-order valence-corrected chi connectivity index (χ0v) is 15.4. The lowest BCUT2D eigenvalue weighted by Gasteiger charge is -2.11. The Morgan fingerprint density at radius 1 is 1.08 bits per heavy atom. The molecule has 0 fully saturated rings. The molecule has 1 aliphatic rings. The van der Waals surface area contributed by atoms with E-state index in [0.29, 0.717) is 0 Å². The van der Waals surface area contributed by atoms with Crippen molar-refractivity contribution in [3.63, 3.8) is 0 Å². The van der Waals surface area contributed by atoms with Crippen LogP contribution in [-0.4, -0.2) is 19.6 Å². The quantitative estimate of drug-likeness (QED) is 0.702. The van der Waals surface area contributed by atoms with Crippen molar-refractivity contribution in [2.24, 2.45) is 0 Å². The maximum atomic E-state index is 4.93. The topological polar surface area (TPSA) is 43.1 Å². The molecule has 0 bridgehead atoms. The Labute approximate surface area is 153 Å². The monoisotopic (exact) mass is 342 g/mol. The standard InChI is InChI=1S/C22H22N4/c1-15-20(14-19-12-8-9-13-23-19)17(3)26-22(24-15)21(16(2)25-26)18-10-6-4-5-7-11-18/h4,6-13H,5,14H2,1-3H3. The number of nitrogens with zero attached hydrogens (tertiary/aromatic N) is 4. The average Bonchev–Trinajstić information content (AvgIpc) is 2.82. The Kier molecular flexibility index (Phi) is 4.25. The molecule has 0 radical (unpaired) electrons. The van der Waals surface area contributed by atoms with Gasteiger partial charge in [0.1, 0.15) is 0 Å². The molecule has 0 aromatic carbocycles. The second-order valence-electron chi connectivity index (χ2n) is 6.64. The van der Waals surface area contributed by atoms with Gasteiger partial charge in [-0.2, -0.15) is 5.10 Å². The highest BCUT2D eigenvalue weighted by Crippen LogP contribution is 2.28. The van der Waals surface area contributed by atoms with E-state index in [2.05, 4.69) is 62.2 Å². The molecule has 1 aliphatic carbocycles. The molecule has 0 amide bonds. The van der Waals surface area contributed by atoms with E-state index in [1.165, 1.54) is 5.56 Å². The minimum absolute atomic E-state index is 0.765. The van der Waals surface area contributed by atoms with Gasteiger partial charge < -0.3 is 0 Å². The second kappa shape index (κ2) is 6.71. The first kappa shape index (κ1) is 16.5. The summed E-state index contributed by atoms with van der Waals surface area (Å²) < 4.78 is 1.99. The maximum Gasteiger partial charge on any atom is 0.163 e. The van der Waals surface area contributed by atoms with Gasteiger partial charge in [-0.3, -0.25) is 4.98 Å². The number of pyridine rings is 1. The summed E-state index contributed by atoms with van der Waals surface area (Å²) >= 11 is 0. The summed E-state index contributed by atoms with van der Waals surface area (Å²) in [7, 11) is 0. The molecule has 3 aromatic heterocycles. The summed E-state index contributed by atoms with van der Waals surface area (Å²) in [6.07, 6.45) is 14.3. The van der Waals surface area contributed by atoms with E-state index in [1.807, 2.05) is 22.8 Å². The van der Waals surface area contributed by atoms with Crippen LogP contribution >= 0.6 is 0 Å². The van der Waals surface area contributed by atoms with Crippen LogP contribution in [0.25, 0.3) is 11.2 Å². The molecule has 0 atom stereocenters. The lowest BCUT2D eigenvalue weighted by atomic mass is 10.0. The summed E-state index contributed by atoms with van der Waals surface area (Å²) in [4.78, 5) is 9.39. The molecule has 4 heteroatoms. The van der Waals surface area contributed by atoms with Crippen molar-refractivity contribution in [2.75, 3.05) is 0 Å². The van der Waals surface area contributed by atoms with Crippen LogP contribution < -0.4 is 0 Å². The molecule has 4 nitrogen and oxygen atoms in total. The summed E-state index contributed by atoms with van der Waals surface area (Å²) in [6.45, 7) is 6.25. The van der Waals surface area contributed by atoms with Gasteiger partial charge in [0.05, 0.1) is 5.69 Å². The normalized spacial score (nSPS) is 13.9. The van der Waals surface area contributed by atoms with Gasteiger partial charge in [-0.15, -0.1) is 0 Å². The Balaban J connectivity index is 1.87. The number of hydrogen-bond acceptors (Lipinski definition) is 3. The molecule has 0 N–H and O–H groups in total. The van der Waals surface area contributed by atoms with Crippen molar-refractivity contribution >= 4 is 11.2 Å². The first-order valence-electron chi connectivity index (χ1n) is 8.94. The van der Waals surface area contributed by atoms with Crippen LogP contribution in [0.5, 0.6) is 0 Å². The summed E-state index contributed by atoms with van der Waals surface area (Å²) in [5.74, 6) is 0. The van der Waals surface area contributed by atoms with Gasteiger partial charge in [-0.1, -0.05) is 36.4 Å². The Morgan fingerprint density at radius 3 is 2.77 bits per heavy atom. The molecule has 0 spiro atoms. The fourth-order valence-electron chi connectivity index (χ4n) is 3.49. The molecular weight excluding hydrogens is 320 g/mol. The Morgan fingerprint density at radius 2 is 1.96 bits per heavy atom.